The van der Waals surface area contributed by atoms with Gasteiger partial charge in [0.2, 0.25) is 100 Å². The van der Waals surface area contributed by atoms with Crippen molar-refractivity contribution in [1.82, 2.24) is 79.8 Å². The second kappa shape index (κ2) is 63.1. The predicted octanol–water partition coefficient (Wildman–Crippen LogP) is -5.25. The van der Waals surface area contributed by atoms with Crippen molar-refractivity contribution in [3.63, 3.8) is 0 Å². The number of aliphatic hydroxyl groups is 2. The van der Waals surface area contributed by atoms with Crippen molar-refractivity contribution in [1.29, 1.82) is 0 Å². The van der Waals surface area contributed by atoms with Crippen LogP contribution in [0.1, 0.15) is 152 Å². The summed E-state index contributed by atoms with van der Waals surface area (Å²) in [6, 6.07) is 11.2. The van der Waals surface area contributed by atoms with Crippen LogP contribution in [0.3, 0.4) is 0 Å². The van der Waals surface area contributed by atoms with E-state index < -0.39 is 267 Å². The van der Waals surface area contributed by atoms with Gasteiger partial charge >= 0.3 is 17.9 Å². The fourth-order valence-electron chi connectivity index (χ4n) is 14.8. The third kappa shape index (κ3) is 43.7. The molecule has 0 spiro atoms. The first-order chi connectivity index (χ1) is 68.5. The van der Waals surface area contributed by atoms with Crippen LogP contribution in [0.15, 0.2) is 146 Å². The maximum absolute atomic E-state index is 15.3. The number of unbranched alkanes of at least 4 members (excludes halogenated alkanes) is 3. The number of benzene rings is 5. The van der Waals surface area contributed by atoms with Gasteiger partial charge < -0.3 is 145 Å². The highest BCUT2D eigenvalue weighted by Crippen LogP contribution is 2.19. The van der Waals surface area contributed by atoms with Crippen LogP contribution in [0.4, 0.5) is 0 Å². The summed E-state index contributed by atoms with van der Waals surface area (Å²) in [5.74, 6) is -24.9. The van der Waals surface area contributed by atoms with Crippen molar-refractivity contribution in [2.75, 3.05) is 32.8 Å². The Balaban J connectivity index is 1.47. The normalized spacial score (nSPS) is 14.4. The molecule has 0 saturated heterocycles. The number of aliphatic hydroxyl groups excluding tert-OH is 2. The van der Waals surface area contributed by atoms with E-state index in [0.717, 1.165) is 0 Å². The summed E-state index contributed by atoms with van der Waals surface area (Å²) in [5.41, 5.74) is 37.0. The summed E-state index contributed by atoms with van der Waals surface area (Å²) < 4.78 is 0. The lowest BCUT2D eigenvalue weighted by Gasteiger charge is -2.29. The quantitative estimate of drug-likeness (QED) is 0.0162. The summed E-state index contributed by atoms with van der Waals surface area (Å²) in [7, 11) is 0. The minimum Gasteiger partial charge on any atom is -0.508 e. The van der Waals surface area contributed by atoms with Crippen LogP contribution in [0.5, 0.6) is 5.75 Å². The maximum atomic E-state index is 15.3. The Morgan fingerprint density at radius 3 is 0.771 bits per heavy atom. The second-order valence-corrected chi connectivity index (χ2v) is 35.4. The number of phenolic OH excluding ortho intramolecular Hbond substituents is 1. The minimum absolute atomic E-state index is 0.0235. The molecular weight excluding hydrogens is 1880 g/mol. The number of amides is 17. The van der Waals surface area contributed by atoms with Crippen LogP contribution in [0.25, 0.3) is 0 Å². The molecule has 0 fully saturated rings. The smallest absolute Gasteiger partial charge is 0.328 e. The minimum atomic E-state index is -2.22. The number of carbonyl (C=O) groups is 20. The molecule has 5 rings (SSSR count). The number of aliphatic carboxylic acids is 3. The van der Waals surface area contributed by atoms with Crippen molar-refractivity contribution in [3.05, 3.63) is 173 Å². The van der Waals surface area contributed by atoms with E-state index in [1.54, 1.807) is 137 Å². The highest BCUT2D eigenvalue weighted by molar-refractivity contribution is 6.03. The van der Waals surface area contributed by atoms with Crippen LogP contribution in [-0.2, 0) is 128 Å². The van der Waals surface area contributed by atoms with Gasteiger partial charge in [0, 0.05) is 38.5 Å². The van der Waals surface area contributed by atoms with E-state index in [0.29, 0.717) is 34.2 Å². The van der Waals surface area contributed by atoms with E-state index in [2.05, 4.69) is 69.1 Å². The van der Waals surface area contributed by atoms with Crippen molar-refractivity contribution in [2.45, 2.75) is 253 Å². The van der Waals surface area contributed by atoms with E-state index in [1.807, 2.05) is 10.6 Å². The molecule has 0 aliphatic carbocycles. The molecular formula is C97H137N21O26. The number of hydrogen-bond donors (Lipinski definition) is 27. The summed E-state index contributed by atoms with van der Waals surface area (Å²) in [4.78, 5) is 279. The number of nitrogens with two attached hydrogens (primary N) is 6. The molecule has 786 valence electrons. The van der Waals surface area contributed by atoms with Crippen molar-refractivity contribution < 1.29 is 127 Å². The number of phenols is 1. The Kier molecular flexibility index (Phi) is 52.4. The summed E-state index contributed by atoms with van der Waals surface area (Å²) in [5, 5.41) is 96.5. The summed E-state index contributed by atoms with van der Waals surface area (Å²) >= 11 is 0. The summed E-state index contributed by atoms with van der Waals surface area (Å²) in [6.07, 6.45) is -5.87. The SMILES string of the molecule is CC(C)C[C@H](NC(=O)[C@H](CCCCN)NC(=O)[C@H](Cc1ccccc1)NC(=O)[C@H](Cc1ccc(O)cc1)NC(=O)[C@H](Cc1ccccc1)NC(=O)[C@H](CO)NC(=O)[C@@H](N)C(C)C)C(=O)N[C@@H](Cc1ccccc1)C(=O)N[C@@H](CCCCN)C(=O)N[C@@H](CC(N)=O)C(=O)N[C@@H](Cc1ccccc1)C(=O)N[C@@H](CCCCN)C(=O)N[C@@H](CC(=O)O)C(=O)N[C@@H](CC(=O)O)C(=O)N[C@@H](CCC(N)=O)C(=O)N[C@@H](CO)C(=O)O. The lowest BCUT2D eigenvalue weighted by molar-refractivity contribution is -0.144. The Morgan fingerprint density at radius 1 is 0.271 bits per heavy atom. The highest BCUT2D eigenvalue weighted by atomic mass is 16.4. The molecule has 17 amide bonds. The van der Waals surface area contributed by atoms with Gasteiger partial charge in [-0.05, 0) is 142 Å². The number of primary amides is 2. The van der Waals surface area contributed by atoms with E-state index in [4.69, 9.17) is 34.4 Å². The average Bonchev–Trinajstić information content (AvgIpc) is 0.850. The molecule has 5 aromatic rings. The second-order valence-electron chi connectivity index (χ2n) is 35.4. The third-order valence-electron chi connectivity index (χ3n) is 22.8. The first kappa shape index (κ1) is 120. The molecule has 0 saturated carbocycles. The van der Waals surface area contributed by atoms with Gasteiger partial charge in [-0.1, -0.05) is 161 Å². The molecule has 0 heterocycles. The van der Waals surface area contributed by atoms with E-state index in [1.165, 1.54) is 36.4 Å². The van der Waals surface area contributed by atoms with Gasteiger partial charge in [0.05, 0.1) is 38.5 Å². The number of nitrogens with one attached hydrogen (secondary N) is 15. The zero-order chi connectivity index (χ0) is 107. The highest BCUT2D eigenvalue weighted by Gasteiger charge is 2.41. The standard InChI is InChI=1S/C97H137N21O26/c1-54(2)43-66(108-82(128)62(31-17-20-40-98)104-88(134)68(45-57-25-11-6-12-26-57)110-91(137)71(48-60-34-36-61(121)37-35-60)111-90(136)70(47-59-29-15-8-16-30-59)113-95(141)75(52-119)117-96(142)81(103)55(3)4)86(132)109-67(44-56-23-9-5-10-24-56)87(133)105-63(32-18-21-41-99)83(129)114-72(49-78(102)123)92(138)112-69(46-58-27-13-7-14-28-58)89(135)106-64(33-19-22-42-100)84(130)115-74(51-80(126)127)94(140)116-73(50-79(124)125)93(139)107-65(38-39-77(101)122)85(131)118-76(53-120)97(143)144/h5-16,23-30,34-37,54-55,62-76,81,119-121H,17-22,31-33,38-53,98-100,103H2,1-4H3,(H2,101,122)(H2,102,123)(H,104,134)(H,105,133)(H,106,135)(H,107,139)(H,108,128)(H,109,132)(H,110,137)(H,111,136)(H,112,138)(H,113,141)(H,114,129)(H,115,130)(H,116,140)(H,117,142)(H,118,131)(H,124,125)(H,126,127)(H,143,144)/t62-,63-,64-,65-,66-,67-,68-,69-,70-,71-,72-,73-,74-,75-,76-,81-/m0/s1. The summed E-state index contributed by atoms with van der Waals surface area (Å²) in [6.45, 7) is 4.99. The lowest BCUT2D eigenvalue weighted by Crippen LogP contribution is -2.62. The van der Waals surface area contributed by atoms with Crippen molar-refractivity contribution in [2.24, 2.45) is 46.2 Å². The van der Waals surface area contributed by atoms with Gasteiger partial charge in [0.15, 0.2) is 0 Å². The number of rotatable bonds is 67. The first-order valence-corrected chi connectivity index (χ1v) is 47.3. The molecule has 47 heteroatoms. The molecule has 0 bridgehead atoms. The third-order valence-corrected chi connectivity index (χ3v) is 22.8. The fourth-order valence-corrected chi connectivity index (χ4v) is 14.8. The Hall–Kier alpha value is -14.9. The Bertz CT molecular complexity index is 5090. The van der Waals surface area contributed by atoms with Gasteiger partial charge in [-0.25, -0.2) is 4.79 Å². The van der Waals surface area contributed by atoms with Crippen molar-refractivity contribution >= 4 is 118 Å². The van der Waals surface area contributed by atoms with Gasteiger partial charge in [-0.3, -0.25) is 91.1 Å². The monoisotopic (exact) mass is 2010 g/mol. The van der Waals surface area contributed by atoms with Crippen LogP contribution >= 0.6 is 0 Å². The van der Waals surface area contributed by atoms with Crippen LogP contribution in [0, 0.1) is 11.8 Å². The van der Waals surface area contributed by atoms with Crippen LogP contribution in [0.2, 0.25) is 0 Å². The molecule has 144 heavy (non-hydrogen) atoms. The molecule has 0 aliphatic rings. The zero-order valence-electron chi connectivity index (χ0n) is 80.7. The number of aromatic hydroxyl groups is 1. The van der Waals surface area contributed by atoms with E-state index >= 15 is 28.8 Å². The maximum Gasteiger partial charge on any atom is 0.328 e. The molecule has 0 radical (unpaired) electrons. The Morgan fingerprint density at radius 2 is 0.507 bits per heavy atom. The molecule has 0 unspecified atom stereocenters. The predicted molar refractivity (Wildman–Crippen MR) is 521 cm³/mol. The van der Waals surface area contributed by atoms with E-state index in [9.17, 15) is 97.8 Å². The van der Waals surface area contributed by atoms with Gasteiger partial charge in [-0.15, -0.1) is 0 Å². The zero-order valence-corrected chi connectivity index (χ0v) is 80.7. The molecule has 33 N–H and O–H groups in total. The molecule has 5 aromatic carbocycles. The number of hydrogen-bond acceptors (Lipinski definition) is 27. The lowest BCUT2D eigenvalue weighted by atomic mass is 9.99. The largest absolute Gasteiger partial charge is 0.508 e. The van der Waals surface area contributed by atoms with Crippen LogP contribution < -0.4 is 114 Å². The number of carboxylic acids is 3. The Labute approximate surface area is 831 Å². The van der Waals surface area contributed by atoms with Gasteiger partial charge in [0.25, 0.3) is 0 Å². The van der Waals surface area contributed by atoms with Crippen molar-refractivity contribution in [3.8, 4) is 5.75 Å². The number of carboxylic acid groups (broad SMARTS) is 3. The molecule has 47 nitrogen and oxygen atoms in total. The first-order valence-electron chi connectivity index (χ1n) is 47.3. The average molecular weight is 2010 g/mol. The van der Waals surface area contributed by atoms with Gasteiger partial charge in [0.1, 0.15) is 96.4 Å². The molecule has 16 atom stereocenters. The van der Waals surface area contributed by atoms with Gasteiger partial charge in [-0.2, -0.15) is 0 Å². The molecule has 0 aromatic heterocycles. The van der Waals surface area contributed by atoms with E-state index in [-0.39, 0.29) is 121 Å². The van der Waals surface area contributed by atoms with Crippen LogP contribution in [-0.4, -0.2) is 278 Å². The topological polar surface area (TPSA) is 799 Å². The fraction of sp³-hybridized carbons (Fsp3) is 0.485. The number of carbonyl (C=O) groups excluding carboxylic acids is 17. The molecule has 0 aliphatic heterocycles.